The Labute approximate surface area is 222 Å². The summed E-state index contributed by atoms with van der Waals surface area (Å²) in [6.07, 6.45) is 1.33. The van der Waals surface area contributed by atoms with Gasteiger partial charge in [0.05, 0.1) is 46.5 Å². The number of aliphatic hydroxyl groups excluding tert-OH is 1. The van der Waals surface area contributed by atoms with Crippen LogP contribution in [0, 0.1) is 11.3 Å². The molecule has 1 fully saturated rings. The molecular weight excluding hydrogens is 498 g/mol. The maximum Gasteiger partial charge on any atom is 0.242 e. The van der Waals surface area contributed by atoms with Gasteiger partial charge >= 0.3 is 0 Å². The van der Waals surface area contributed by atoms with Gasteiger partial charge in [0.2, 0.25) is 17.6 Å². The van der Waals surface area contributed by atoms with E-state index in [-0.39, 0.29) is 24.8 Å². The van der Waals surface area contributed by atoms with E-state index >= 15 is 0 Å². The Hall–Kier alpha value is -4.59. The molecule has 2 aromatic carbocycles. The molecule has 3 atom stereocenters. The summed E-state index contributed by atoms with van der Waals surface area (Å²) in [6, 6.07) is 16.6. The van der Waals surface area contributed by atoms with Gasteiger partial charge in [-0.05, 0) is 31.2 Å². The van der Waals surface area contributed by atoms with Crippen molar-refractivity contribution in [2.75, 3.05) is 6.61 Å². The molecule has 7 rings (SSSR count). The summed E-state index contributed by atoms with van der Waals surface area (Å²) in [7, 11) is 1.79. The number of hydrogen-bond donors (Lipinski definition) is 3. The highest BCUT2D eigenvalue weighted by molar-refractivity contribution is 5.95. The van der Waals surface area contributed by atoms with E-state index < -0.39 is 17.3 Å². The van der Waals surface area contributed by atoms with E-state index in [4.69, 9.17) is 9.47 Å². The van der Waals surface area contributed by atoms with Crippen molar-refractivity contribution in [3.8, 4) is 29.4 Å². The van der Waals surface area contributed by atoms with Crippen LogP contribution in [0.1, 0.15) is 36.5 Å². The molecule has 196 valence electrons. The van der Waals surface area contributed by atoms with Crippen molar-refractivity contribution in [2.24, 2.45) is 7.05 Å². The molecule has 0 unspecified atom stereocenters. The van der Waals surface area contributed by atoms with Crippen LogP contribution in [0.4, 0.5) is 0 Å². The van der Waals surface area contributed by atoms with Gasteiger partial charge in [0.25, 0.3) is 0 Å². The molecule has 0 radical (unpaired) electrons. The first kappa shape index (κ1) is 23.5. The molecule has 39 heavy (non-hydrogen) atoms. The van der Waals surface area contributed by atoms with E-state index in [1.807, 2.05) is 36.4 Å². The van der Waals surface area contributed by atoms with Crippen molar-refractivity contribution < 1.29 is 24.8 Å². The molecule has 2 aliphatic heterocycles. The second-order valence-corrected chi connectivity index (χ2v) is 10.3. The van der Waals surface area contributed by atoms with Crippen molar-refractivity contribution in [3.63, 3.8) is 0 Å². The topological polar surface area (TPSA) is 139 Å². The number of aryl methyl sites for hydroxylation is 1. The Bertz CT molecular complexity index is 1850. The molecule has 0 saturated carbocycles. The summed E-state index contributed by atoms with van der Waals surface area (Å²) in [6.45, 7) is 1.92. The molecule has 5 aromatic rings. The van der Waals surface area contributed by atoms with Gasteiger partial charge in [-0.25, -0.2) is 9.67 Å². The highest BCUT2D eigenvalue weighted by Gasteiger charge is 2.66. The first-order valence-corrected chi connectivity index (χ1v) is 12.7. The van der Waals surface area contributed by atoms with Crippen molar-refractivity contribution in [2.45, 2.75) is 37.1 Å². The minimum atomic E-state index is -1.22. The number of nitrogens with zero attached hydrogens (tertiary/aromatic N) is 5. The average Bonchev–Trinajstić information content (AvgIpc) is 3.58. The third kappa shape index (κ3) is 3.02. The van der Waals surface area contributed by atoms with Crippen LogP contribution in [0.15, 0.2) is 54.7 Å². The maximum absolute atomic E-state index is 11.6. The zero-order valence-electron chi connectivity index (χ0n) is 21.3. The van der Waals surface area contributed by atoms with Gasteiger partial charge in [-0.2, -0.15) is 5.26 Å². The molecule has 1 saturated heterocycles. The van der Waals surface area contributed by atoms with Gasteiger partial charge in [0, 0.05) is 36.9 Å². The lowest BCUT2D eigenvalue weighted by Gasteiger charge is -2.26. The van der Waals surface area contributed by atoms with Crippen molar-refractivity contribution >= 4 is 21.8 Å². The average molecular weight is 524 g/mol. The molecule has 10 heteroatoms. The highest BCUT2D eigenvalue weighted by Crippen LogP contribution is 2.65. The standard InChI is InChI=1S/C29H25N5O5/c1-28-21(35)14-29(39-28,11-13-38-25-19-8-5-12-31-24(19)33(2)32-25)23-22(28)26(36)34(27(23)37)20-10-9-16(15-30)17-6-3-4-7-18(17)20/h3-10,12,21,35-37H,11,13-14H2,1-2H3/t21-,28-,29+/m0/s1. The van der Waals surface area contributed by atoms with Crippen LogP contribution in [-0.2, 0) is 23.0 Å². The van der Waals surface area contributed by atoms with E-state index in [1.54, 1.807) is 37.0 Å². The number of pyridine rings is 1. The normalized spacial score (nSPS) is 23.4. The predicted molar refractivity (Wildman–Crippen MR) is 141 cm³/mol. The number of aliphatic hydroxyl groups is 1. The Morgan fingerprint density at radius 3 is 2.62 bits per heavy atom. The Kier molecular flexibility index (Phi) is 4.80. The second kappa shape index (κ2) is 7.96. The third-order valence-corrected chi connectivity index (χ3v) is 8.21. The molecule has 0 aliphatic carbocycles. The summed E-state index contributed by atoms with van der Waals surface area (Å²) < 4.78 is 15.5. The maximum atomic E-state index is 11.6. The summed E-state index contributed by atoms with van der Waals surface area (Å²) in [5.74, 6) is 0.0638. The molecule has 5 heterocycles. The Morgan fingerprint density at radius 1 is 1.08 bits per heavy atom. The molecule has 3 N–H and O–H groups in total. The smallest absolute Gasteiger partial charge is 0.242 e. The number of hydrogen-bond acceptors (Lipinski definition) is 8. The lowest BCUT2D eigenvalue weighted by Crippen LogP contribution is -2.33. The van der Waals surface area contributed by atoms with Crippen molar-refractivity contribution in [3.05, 3.63) is 71.4 Å². The van der Waals surface area contributed by atoms with Crippen molar-refractivity contribution in [1.82, 2.24) is 19.3 Å². The molecular formula is C29H25N5O5. The fraction of sp³-hybridized carbons (Fsp3) is 0.276. The minimum absolute atomic E-state index is 0.166. The molecule has 2 bridgehead atoms. The van der Waals surface area contributed by atoms with Crippen LogP contribution in [0.25, 0.3) is 27.5 Å². The summed E-state index contributed by atoms with van der Waals surface area (Å²) in [5.41, 5.74) is 0.212. The van der Waals surface area contributed by atoms with Gasteiger partial charge in [-0.15, -0.1) is 5.10 Å². The fourth-order valence-corrected chi connectivity index (χ4v) is 6.40. The molecule has 0 spiro atoms. The number of aromatic hydroxyl groups is 2. The molecule has 10 nitrogen and oxygen atoms in total. The quantitative estimate of drug-likeness (QED) is 0.316. The molecule has 3 aromatic heterocycles. The van der Waals surface area contributed by atoms with Gasteiger partial charge in [-0.3, -0.25) is 4.57 Å². The molecule has 2 aliphatic rings. The zero-order chi connectivity index (χ0) is 27.1. The van der Waals surface area contributed by atoms with Gasteiger partial charge < -0.3 is 24.8 Å². The monoisotopic (exact) mass is 523 g/mol. The van der Waals surface area contributed by atoms with E-state index in [9.17, 15) is 20.6 Å². The van der Waals surface area contributed by atoms with Gasteiger partial charge in [0.15, 0.2) is 5.65 Å². The Morgan fingerprint density at radius 2 is 1.82 bits per heavy atom. The van der Waals surface area contributed by atoms with Crippen molar-refractivity contribution in [1.29, 1.82) is 5.26 Å². The number of aromatic nitrogens is 4. The lowest BCUT2D eigenvalue weighted by molar-refractivity contribution is -0.107. The van der Waals surface area contributed by atoms with Crippen LogP contribution < -0.4 is 4.74 Å². The lowest BCUT2D eigenvalue weighted by atomic mass is 9.76. The van der Waals surface area contributed by atoms with E-state index in [1.165, 1.54) is 4.57 Å². The van der Waals surface area contributed by atoms with Gasteiger partial charge in [0.1, 0.15) is 11.2 Å². The zero-order valence-corrected chi connectivity index (χ0v) is 21.3. The van der Waals surface area contributed by atoms with E-state index in [0.29, 0.717) is 51.1 Å². The summed E-state index contributed by atoms with van der Waals surface area (Å²) >= 11 is 0. The minimum Gasteiger partial charge on any atom is -0.494 e. The number of rotatable bonds is 5. The number of ether oxygens (including phenoxy) is 2. The van der Waals surface area contributed by atoms with Crippen LogP contribution in [0.5, 0.6) is 17.6 Å². The van der Waals surface area contributed by atoms with Crippen LogP contribution in [0.2, 0.25) is 0 Å². The van der Waals surface area contributed by atoms with Crippen LogP contribution in [-0.4, -0.2) is 47.4 Å². The number of fused-ring (bicyclic) bond motifs is 7. The Balaban J connectivity index is 1.31. The first-order chi connectivity index (χ1) is 18.8. The third-order valence-electron chi connectivity index (χ3n) is 8.21. The van der Waals surface area contributed by atoms with Crippen LogP contribution in [0.3, 0.4) is 0 Å². The van der Waals surface area contributed by atoms with Crippen LogP contribution >= 0.6 is 0 Å². The number of benzene rings is 2. The largest absolute Gasteiger partial charge is 0.494 e. The van der Waals surface area contributed by atoms with E-state index in [0.717, 1.165) is 5.39 Å². The SMILES string of the molecule is Cn1nc(OCC[C@]23C[C@H](O)[C@](C)(O2)c2c3c(O)n(-c3ccc(C#N)c4ccccc34)c2O)c2cccnc21. The second-order valence-electron chi connectivity index (χ2n) is 10.3. The number of nitriles is 1. The first-order valence-electron chi connectivity index (χ1n) is 12.7. The summed E-state index contributed by atoms with van der Waals surface area (Å²) in [5, 5.41) is 50.4. The fourth-order valence-electron chi connectivity index (χ4n) is 6.40. The molecule has 0 amide bonds. The van der Waals surface area contributed by atoms with Gasteiger partial charge in [-0.1, -0.05) is 24.3 Å². The van der Waals surface area contributed by atoms with E-state index in [2.05, 4.69) is 16.2 Å². The predicted octanol–water partition coefficient (Wildman–Crippen LogP) is 3.87. The highest BCUT2D eigenvalue weighted by atomic mass is 16.6. The summed E-state index contributed by atoms with van der Waals surface area (Å²) in [4.78, 5) is 4.34.